The molecule has 0 radical (unpaired) electrons. The highest BCUT2D eigenvalue weighted by Gasteiger charge is 2.37. The van der Waals surface area contributed by atoms with Crippen LogP contribution in [0.3, 0.4) is 0 Å². The standard InChI is InChI=1S/C26H28ClN3O4/c27-20-10-8-19(9-11-20)26(12-4-5-13-26)16-21-29-22(24(32)28-14-15-31)23(25(33)30-21)34-17-18-6-2-1-3-7-18/h1-3,6-11,31H,4-5,12-17H2,(H,28,32)(H,29,30,33). The van der Waals surface area contributed by atoms with Gasteiger partial charge < -0.3 is 20.1 Å². The topological polar surface area (TPSA) is 104 Å². The lowest BCUT2D eigenvalue weighted by Crippen LogP contribution is -2.32. The van der Waals surface area contributed by atoms with Gasteiger partial charge in [0.1, 0.15) is 12.4 Å². The zero-order chi connectivity index (χ0) is 24.0. The first-order valence-corrected chi connectivity index (χ1v) is 11.8. The second-order valence-electron chi connectivity index (χ2n) is 8.62. The molecule has 1 aliphatic rings. The van der Waals surface area contributed by atoms with Crippen LogP contribution in [0.5, 0.6) is 5.75 Å². The first-order valence-electron chi connectivity index (χ1n) is 11.5. The molecule has 1 amide bonds. The van der Waals surface area contributed by atoms with Gasteiger partial charge in [0, 0.05) is 23.4 Å². The molecule has 0 unspecified atom stereocenters. The second-order valence-corrected chi connectivity index (χ2v) is 9.05. The average Bonchev–Trinajstić information content (AvgIpc) is 3.32. The number of halogens is 1. The van der Waals surface area contributed by atoms with Gasteiger partial charge in [-0.25, -0.2) is 4.98 Å². The van der Waals surface area contributed by atoms with E-state index < -0.39 is 11.5 Å². The number of aliphatic hydroxyl groups excluding tert-OH is 1. The Labute approximate surface area is 203 Å². The number of aromatic nitrogens is 2. The molecule has 3 N–H and O–H groups in total. The molecule has 1 saturated carbocycles. The number of ether oxygens (including phenoxy) is 1. The number of hydrogen-bond acceptors (Lipinski definition) is 5. The smallest absolute Gasteiger partial charge is 0.294 e. The highest BCUT2D eigenvalue weighted by Crippen LogP contribution is 2.43. The molecule has 0 atom stereocenters. The number of aliphatic hydroxyl groups is 1. The van der Waals surface area contributed by atoms with E-state index >= 15 is 0 Å². The number of nitrogens with zero attached hydrogens (tertiary/aromatic N) is 1. The van der Waals surface area contributed by atoms with Crippen LogP contribution in [0, 0.1) is 0 Å². The number of carbonyl (C=O) groups is 1. The zero-order valence-electron chi connectivity index (χ0n) is 18.9. The van der Waals surface area contributed by atoms with Crippen molar-refractivity contribution >= 4 is 17.5 Å². The van der Waals surface area contributed by atoms with Crippen molar-refractivity contribution in [2.24, 2.45) is 0 Å². The third-order valence-corrected chi connectivity index (χ3v) is 6.54. The summed E-state index contributed by atoms with van der Waals surface area (Å²) in [5.74, 6) is -0.255. The molecule has 3 aromatic rings. The highest BCUT2D eigenvalue weighted by atomic mass is 35.5. The molecule has 178 valence electrons. The van der Waals surface area contributed by atoms with Gasteiger partial charge in [0.25, 0.3) is 11.5 Å². The summed E-state index contributed by atoms with van der Waals surface area (Å²) in [6, 6.07) is 17.2. The number of aromatic amines is 1. The normalized spacial score (nSPS) is 14.6. The van der Waals surface area contributed by atoms with Gasteiger partial charge >= 0.3 is 0 Å². The molecule has 4 rings (SSSR count). The Morgan fingerprint density at radius 1 is 1.12 bits per heavy atom. The van der Waals surface area contributed by atoms with Gasteiger partial charge in [0.15, 0.2) is 5.69 Å². The minimum atomic E-state index is -0.559. The number of carbonyl (C=O) groups excluding carboxylic acids is 1. The van der Waals surface area contributed by atoms with Crippen LogP contribution in [0.4, 0.5) is 0 Å². The maximum absolute atomic E-state index is 13.1. The third kappa shape index (κ3) is 5.48. The van der Waals surface area contributed by atoms with E-state index in [-0.39, 0.29) is 36.6 Å². The first-order chi connectivity index (χ1) is 16.5. The Balaban J connectivity index is 1.67. The lowest BCUT2D eigenvalue weighted by atomic mass is 9.76. The van der Waals surface area contributed by atoms with Gasteiger partial charge in [-0.15, -0.1) is 0 Å². The Morgan fingerprint density at radius 2 is 1.82 bits per heavy atom. The number of hydrogen-bond donors (Lipinski definition) is 3. The second kappa shape index (κ2) is 10.8. The van der Waals surface area contributed by atoms with E-state index in [1.807, 2.05) is 54.6 Å². The van der Waals surface area contributed by atoms with Crippen molar-refractivity contribution in [2.75, 3.05) is 13.2 Å². The molecule has 0 bridgehead atoms. The largest absolute Gasteiger partial charge is 0.481 e. The summed E-state index contributed by atoms with van der Waals surface area (Å²) in [5, 5.41) is 12.4. The first kappa shape index (κ1) is 24.0. The van der Waals surface area contributed by atoms with Gasteiger partial charge in [-0.1, -0.05) is 66.9 Å². The van der Waals surface area contributed by atoms with Crippen molar-refractivity contribution in [3.8, 4) is 5.75 Å². The van der Waals surface area contributed by atoms with E-state index in [1.165, 1.54) is 0 Å². The van der Waals surface area contributed by atoms with Crippen molar-refractivity contribution in [2.45, 2.75) is 44.1 Å². The van der Waals surface area contributed by atoms with Crippen LogP contribution in [0.25, 0.3) is 0 Å². The minimum absolute atomic E-state index is 0.0511. The summed E-state index contributed by atoms with van der Waals surface area (Å²) in [4.78, 5) is 33.3. The Kier molecular flexibility index (Phi) is 7.65. The van der Waals surface area contributed by atoms with E-state index in [0.29, 0.717) is 17.3 Å². The summed E-state index contributed by atoms with van der Waals surface area (Å²) in [6.07, 6.45) is 4.56. The summed E-state index contributed by atoms with van der Waals surface area (Å²) in [5.41, 5.74) is 1.24. The minimum Gasteiger partial charge on any atom is -0.481 e. The summed E-state index contributed by atoms with van der Waals surface area (Å²) in [7, 11) is 0. The summed E-state index contributed by atoms with van der Waals surface area (Å²) in [6.45, 7) is -0.0445. The van der Waals surface area contributed by atoms with Crippen LogP contribution in [-0.2, 0) is 18.4 Å². The Hall–Kier alpha value is -3.16. The van der Waals surface area contributed by atoms with Gasteiger partial charge in [0.2, 0.25) is 5.75 Å². The monoisotopic (exact) mass is 481 g/mol. The molecule has 0 aliphatic heterocycles. The lowest BCUT2D eigenvalue weighted by molar-refractivity contribution is 0.0933. The molecule has 1 aromatic heterocycles. The zero-order valence-corrected chi connectivity index (χ0v) is 19.6. The van der Waals surface area contributed by atoms with Crippen molar-refractivity contribution < 1.29 is 14.6 Å². The molecular formula is C26H28ClN3O4. The molecule has 1 heterocycles. The van der Waals surface area contributed by atoms with Gasteiger partial charge in [0.05, 0.1) is 6.61 Å². The Bertz CT molecular complexity index is 1170. The third-order valence-electron chi connectivity index (χ3n) is 6.29. The van der Waals surface area contributed by atoms with Gasteiger partial charge in [-0.05, 0) is 36.1 Å². The quantitative estimate of drug-likeness (QED) is 0.431. The number of rotatable bonds is 9. The van der Waals surface area contributed by atoms with Crippen molar-refractivity contribution in [1.82, 2.24) is 15.3 Å². The average molecular weight is 482 g/mol. The highest BCUT2D eigenvalue weighted by molar-refractivity contribution is 6.30. The molecule has 0 spiro atoms. The SMILES string of the molecule is O=C(NCCO)c1nc(CC2(c3ccc(Cl)cc3)CCCC2)[nH]c(=O)c1OCc1ccccc1. The van der Waals surface area contributed by atoms with Crippen LogP contribution in [0.2, 0.25) is 5.02 Å². The fourth-order valence-corrected chi connectivity index (χ4v) is 4.73. The molecule has 1 aliphatic carbocycles. The van der Waals surface area contributed by atoms with Crippen LogP contribution in [0.1, 0.15) is 53.1 Å². The maximum atomic E-state index is 13.1. The van der Waals surface area contributed by atoms with Crippen molar-refractivity contribution in [1.29, 1.82) is 0 Å². The summed E-state index contributed by atoms with van der Waals surface area (Å²) >= 11 is 6.10. The maximum Gasteiger partial charge on any atom is 0.294 e. The van der Waals surface area contributed by atoms with Crippen LogP contribution in [0.15, 0.2) is 59.4 Å². The molecular weight excluding hydrogens is 454 g/mol. The van der Waals surface area contributed by atoms with E-state index in [9.17, 15) is 9.59 Å². The predicted octanol–water partition coefficient (Wildman–Crippen LogP) is 3.78. The lowest BCUT2D eigenvalue weighted by Gasteiger charge is -2.29. The number of benzene rings is 2. The van der Waals surface area contributed by atoms with E-state index in [4.69, 9.17) is 21.4 Å². The molecule has 2 aromatic carbocycles. The molecule has 34 heavy (non-hydrogen) atoms. The van der Waals surface area contributed by atoms with E-state index in [1.54, 1.807) is 0 Å². The number of amides is 1. The summed E-state index contributed by atoms with van der Waals surface area (Å²) < 4.78 is 5.76. The number of H-pyrrole nitrogens is 1. The molecule has 7 nitrogen and oxygen atoms in total. The fraction of sp³-hybridized carbons (Fsp3) is 0.346. The molecule has 8 heteroatoms. The Morgan fingerprint density at radius 3 is 2.50 bits per heavy atom. The van der Waals surface area contributed by atoms with E-state index in [2.05, 4.69) is 15.3 Å². The van der Waals surface area contributed by atoms with E-state index in [0.717, 1.165) is 36.8 Å². The predicted molar refractivity (Wildman–Crippen MR) is 130 cm³/mol. The van der Waals surface area contributed by atoms with Gasteiger partial charge in [-0.2, -0.15) is 0 Å². The van der Waals surface area contributed by atoms with Crippen LogP contribution < -0.4 is 15.6 Å². The molecule has 0 saturated heterocycles. The van der Waals surface area contributed by atoms with Crippen molar-refractivity contribution in [3.05, 3.63) is 92.6 Å². The fourth-order valence-electron chi connectivity index (χ4n) is 4.61. The molecule has 1 fully saturated rings. The van der Waals surface area contributed by atoms with Crippen LogP contribution >= 0.6 is 11.6 Å². The van der Waals surface area contributed by atoms with Gasteiger partial charge in [-0.3, -0.25) is 9.59 Å². The van der Waals surface area contributed by atoms with Crippen LogP contribution in [-0.4, -0.2) is 34.1 Å². The van der Waals surface area contributed by atoms with Crippen molar-refractivity contribution in [3.63, 3.8) is 0 Å². The number of nitrogens with one attached hydrogen (secondary N) is 2.